The normalized spacial score (nSPS) is 12.4. The fourth-order valence-electron chi connectivity index (χ4n) is 2.93. The van der Waals surface area contributed by atoms with Crippen molar-refractivity contribution in [1.29, 1.82) is 0 Å². The van der Waals surface area contributed by atoms with Crippen LogP contribution < -0.4 is 4.74 Å². The number of phenolic OH excluding ortho intramolecular Hbond substituents is 1. The van der Waals surface area contributed by atoms with Crippen molar-refractivity contribution in [1.82, 2.24) is 15.0 Å². The first-order valence-electron chi connectivity index (χ1n) is 8.99. The Labute approximate surface area is 169 Å². The Morgan fingerprint density at radius 2 is 1.64 bits per heavy atom. The Kier molecular flexibility index (Phi) is 4.88. The summed E-state index contributed by atoms with van der Waals surface area (Å²) in [7, 11) is 0. The number of ether oxygens (including phenoxy) is 1. The Morgan fingerprint density at radius 1 is 1.00 bits per heavy atom. The summed E-state index contributed by atoms with van der Waals surface area (Å²) in [5.41, 5.74) is 2.24. The van der Waals surface area contributed by atoms with Crippen molar-refractivity contribution in [3.8, 4) is 17.2 Å². The third kappa shape index (κ3) is 3.97. The Balaban J connectivity index is 2.20. The highest BCUT2D eigenvalue weighted by Gasteiger charge is 2.26. The molecule has 0 aliphatic carbocycles. The zero-order valence-electron chi connectivity index (χ0n) is 16.9. The van der Waals surface area contributed by atoms with Crippen LogP contribution >= 0.6 is 11.6 Å². The van der Waals surface area contributed by atoms with Crippen LogP contribution in [0.25, 0.3) is 16.7 Å². The first-order chi connectivity index (χ1) is 12.9. The molecule has 0 bridgehead atoms. The second-order valence-corrected chi connectivity index (χ2v) is 9.18. The van der Waals surface area contributed by atoms with E-state index in [2.05, 4.69) is 51.7 Å². The molecule has 2 aromatic carbocycles. The van der Waals surface area contributed by atoms with Gasteiger partial charge >= 0.3 is 5.43 Å². The topological polar surface area (TPSA) is 77.2 Å². The number of carbonyl (C=O) groups excluding carboxylic acids is 1. The SMILES string of the molecule is CC(C)(C)c1cc(-n2nc3ccc(OC(=O)Cl)cc3n2)c(O)c(C(C)(C)C)c1. The van der Waals surface area contributed by atoms with Crippen molar-refractivity contribution in [2.75, 3.05) is 0 Å². The van der Waals surface area contributed by atoms with Gasteiger partial charge in [0.1, 0.15) is 28.2 Å². The minimum Gasteiger partial charge on any atom is -0.505 e. The number of aromatic nitrogens is 3. The van der Waals surface area contributed by atoms with Gasteiger partial charge in [-0.1, -0.05) is 47.6 Å². The molecule has 3 aromatic rings. The van der Waals surface area contributed by atoms with E-state index in [1.54, 1.807) is 18.2 Å². The standard InChI is InChI=1S/C21H24ClN3O3/c1-20(2,3)12-9-14(21(4,5)6)18(26)17(10-12)25-23-15-8-7-13(28-19(22)27)11-16(15)24-25/h7-11,26H,1-6H3. The zero-order valence-corrected chi connectivity index (χ0v) is 17.6. The molecule has 1 heterocycles. The van der Waals surface area contributed by atoms with Gasteiger partial charge in [0.15, 0.2) is 0 Å². The summed E-state index contributed by atoms with van der Waals surface area (Å²) in [6.07, 6.45) is 0. The maximum Gasteiger partial charge on any atom is 0.409 e. The average molecular weight is 402 g/mol. The lowest BCUT2D eigenvalue weighted by molar-refractivity contribution is 0.225. The third-order valence-corrected chi connectivity index (χ3v) is 4.61. The average Bonchev–Trinajstić information content (AvgIpc) is 2.95. The van der Waals surface area contributed by atoms with Gasteiger partial charge in [0.2, 0.25) is 0 Å². The molecule has 0 aliphatic heterocycles. The lowest BCUT2D eigenvalue weighted by Crippen LogP contribution is -2.18. The smallest absolute Gasteiger partial charge is 0.409 e. The fourth-order valence-corrected chi connectivity index (χ4v) is 3.02. The molecular weight excluding hydrogens is 378 g/mol. The largest absolute Gasteiger partial charge is 0.505 e. The van der Waals surface area contributed by atoms with Gasteiger partial charge in [-0.15, -0.1) is 15.0 Å². The van der Waals surface area contributed by atoms with E-state index in [-0.39, 0.29) is 22.3 Å². The fraction of sp³-hybridized carbons (Fsp3) is 0.381. The number of nitrogens with zero attached hydrogens (tertiary/aromatic N) is 3. The molecule has 0 saturated carbocycles. The maximum absolute atomic E-state index is 11.0. The van der Waals surface area contributed by atoms with Crippen molar-refractivity contribution in [2.45, 2.75) is 52.4 Å². The summed E-state index contributed by atoms with van der Waals surface area (Å²) < 4.78 is 4.89. The number of halogens is 1. The lowest BCUT2D eigenvalue weighted by atomic mass is 9.80. The number of fused-ring (bicyclic) bond motifs is 1. The molecule has 0 unspecified atom stereocenters. The number of hydrogen-bond donors (Lipinski definition) is 1. The van der Waals surface area contributed by atoms with Crippen LogP contribution in [0.15, 0.2) is 30.3 Å². The van der Waals surface area contributed by atoms with Gasteiger partial charge in [0, 0.05) is 23.2 Å². The Bertz CT molecular complexity index is 1060. The van der Waals surface area contributed by atoms with Crippen LogP contribution in [0.2, 0.25) is 0 Å². The van der Waals surface area contributed by atoms with Crippen LogP contribution in [0.4, 0.5) is 4.79 Å². The zero-order chi connectivity index (χ0) is 20.9. The van der Waals surface area contributed by atoms with Gasteiger partial charge in [-0.2, -0.15) is 0 Å². The van der Waals surface area contributed by atoms with Crippen molar-refractivity contribution >= 4 is 28.1 Å². The third-order valence-electron chi connectivity index (χ3n) is 4.53. The van der Waals surface area contributed by atoms with Crippen molar-refractivity contribution in [2.24, 2.45) is 0 Å². The molecule has 148 valence electrons. The lowest BCUT2D eigenvalue weighted by Gasteiger charge is -2.27. The van der Waals surface area contributed by atoms with Gasteiger partial charge in [0.25, 0.3) is 0 Å². The van der Waals surface area contributed by atoms with Gasteiger partial charge in [-0.25, -0.2) is 4.79 Å². The maximum atomic E-state index is 11.0. The number of aromatic hydroxyl groups is 1. The molecule has 0 aliphatic rings. The Hall–Kier alpha value is -2.60. The van der Waals surface area contributed by atoms with Gasteiger partial charge in [-0.3, -0.25) is 0 Å². The highest BCUT2D eigenvalue weighted by molar-refractivity contribution is 6.61. The predicted octanol–water partition coefficient (Wildman–Crippen LogP) is 5.46. The Morgan fingerprint density at radius 3 is 2.21 bits per heavy atom. The van der Waals surface area contributed by atoms with Crippen molar-refractivity contribution in [3.05, 3.63) is 41.5 Å². The minimum absolute atomic E-state index is 0.114. The van der Waals surface area contributed by atoms with Gasteiger partial charge in [-0.05, 0) is 34.6 Å². The van der Waals surface area contributed by atoms with E-state index in [9.17, 15) is 9.90 Å². The van der Waals surface area contributed by atoms with E-state index in [1.807, 2.05) is 12.1 Å². The predicted molar refractivity (Wildman–Crippen MR) is 110 cm³/mol. The molecule has 0 saturated heterocycles. The van der Waals surface area contributed by atoms with Crippen LogP contribution in [0.5, 0.6) is 11.5 Å². The molecule has 6 nitrogen and oxygen atoms in total. The van der Waals surface area contributed by atoms with E-state index in [0.29, 0.717) is 16.7 Å². The highest BCUT2D eigenvalue weighted by Crippen LogP contribution is 2.39. The van der Waals surface area contributed by atoms with E-state index < -0.39 is 5.43 Å². The summed E-state index contributed by atoms with van der Waals surface area (Å²) in [5, 5.41) is 19.9. The van der Waals surface area contributed by atoms with Gasteiger partial charge < -0.3 is 9.84 Å². The monoisotopic (exact) mass is 401 g/mol. The van der Waals surface area contributed by atoms with Crippen LogP contribution in [0.3, 0.4) is 0 Å². The molecule has 1 aromatic heterocycles. The van der Waals surface area contributed by atoms with E-state index in [1.165, 1.54) is 4.80 Å². The van der Waals surface area contributed by atoms with E-state index in [0.717, 1.165) is 11.1 Å². The van der Waals surface area contributed by atoms with Crippen LogP contribution in [0.1, 0.15) is 52.7 Å². The first kappa shape index (κ1) is 20.1. The summed E-state index contributed by atoms with van der Waals surface area (Å²) in [6, 6.07) is 8.80. The number of rotatable bonds is 2. The number of benzene rings is 2. The highest BCUT2D eigenvalue weighted by atomic mass is 35.5. The number of carbonyl (C=O) groups is 1. The van der Waals surface area contributed by atoms with Crippen molar-refractivity contribution in [3.63, 3.8) is 0 Å². The number of hydrogen-bond acceptors (Lipinski definition) is 5. The van der Waals surface area contributed by atoms with Crippen LogP contribution in [0, 0.1) is 0 Å². The van der Waals surface area contributed by atoms with Crippen molar-refractivity contribution < 1.29 is 14.6 Å². The van der Waals surface area contributed by atoms with Crippen LogP contribution in [-0.2, 0) is 10.8 Å². The summed E-state index contributed by atoms with van der Waals surface area (Å²) in [4.78, 5) is 12.4. The van der Waals surface area contributed by atoms with E-state index in [4.69, 9.17) is 16.3 Å². The van der Waals surface area contributed by atoms with Gasteiger partial charge in [0.05, 0.1) is 0 Å². The quantitative estimate of drug-likeness (QED) is 0.577. The molecule has 7 heteroatoms. The second kappa shape index (κ2) is 6.78. The first-order valence-corrected chi connectivity index (χ1v) is 9.37. The molecule has 1 N–H and O–H groups in total. The summed E-state index contributed by atoms with van der Waals surface area (Å²) in [5.74, 6) is 0.427. The molecule has 3 rings (SSSR count). The molecule has 28 heavy (non-hydrogen) atoms. The van der Waals surface area contributed by atoms with Crippen LogP contribution in [-0.4, -0.2) is 25.5 Å². The summed E-state index contributed by atoms with van der Waals surface area (Å²) >= 11 is 5.27. The molecular formula is C21H24ClN3O3. The molecule has 0 radical (unpaired) electrons. The molecule has 0 fully saturated rings. The minimum atomic E-state index is -0.919. The molecule has 0 amide bonds. The second-order valence-electron chi connectivity index (χ2n) is 8.87. The molecule has 0 spiro atoms. The summed E-state index contributed by atoms with van der Waals surface area (Å²) in [6.45, 7) is 12.5. The van der Waals surface area contributed by atoms with E-state index >= 15 is 0 Å². The molecule has 0 atom stereocenters. The number of phenols is 1.